The molecule has 1 aromatic carbocycles. The Kier molecular flexibility index (Phi) is 3.17. The molecule has 0 radical (unpaired) electrons. The summed E-state index contributed by atoms with van der Waals surface area (Å²) in [6.45, 7) is 0.480. The van der Waals surface area contributed by atoms with Crippen molar-refractivity contribution < 1.29 is 12.8 Å². The molecule has 3 aromatic rings. The Bertz CT molecular complexity index is 1000. The molecule has 1 aliphatic heterocycles. The molecule has 118 valence electrons. The van der Waals surface area contributed by atoms with Gasteiger partial charge in [0.15, 0.2) is 5.65 Å². The topological polar surface area (TPSA) is 79.0 Å². The predicted octanol–water partition coefficient (Wildman–Crippen LogP) is 1.84. The average Bonchev–Trinajstić information content (AvgIpc) is 3.03. The molecule has 0 amide bonds. The number of sulfonamides is 1. The second-order valence-corrected chi connectivity index (χ2v) is 7.32. The van der Waals surface area contributed by atoms with E-state index in [-0.39, 0.29) is 11.4 Å². The van der Waals surface area contributed by atoms with Crippen molar-refractivity contribution in [2.45, 2.75) is 17.9 Å². The standard InChI is InChI=1S/C15H13FN4O2S/c16-13-3-1-2-4-14(13)23(21,22)20-6-5-11-10(9-20)7-17-15-12(11)8-18-19-15/h1-4,7-8H,5-6,9H2,(H,17,18,19). The maximum Gasteiger partial charge on any atom is 0.246 e. The van der Waals surface area contributed by atoms with E-state index in [1.165, 1.54) is 22.5 Å². The zero-order valence-corrected chi connectivity index (χ0v) is 12.8. The molecule has 0 saturated carbocycles. The molecule has 0 unspecified atom stereocenters. The van der Waals surface area contributed by atoms with E-state index < -0.39 is 15.8 Å². The monoisotopic (exact) mass is 332 g/mol. The first-order valence-corrected chi connectivity index (χ1v) is 8.56. The summed E-state index contributed by atoms with van der Waals surface area (Å²) >= 11 is 0. The minimum absolute atomic E-state index is 0.181. The predicted molar refractivity (Wildman–Crippen MR) is 81.6 cm³/mol. The third kappa shape index (κ3) is 2.22. The number of pyridine rings is 1. The molecular weight excluding hydrogens is 319 g/mol. The number of nitrogens with zero attached hydrogens (tertiary/aromatic N) is 3. The highest BCUT2D eigenvalue weighted by Gasteiger charge is 2.31. The normalized spacial score (nSPS) is 15.7. The Labute approximate surface area is 132 Å². The lowest BCUT2D eigenvalue weighted by atomic mass is 10.0. The van der Waals surface area contributed by atoms with Gasteiger partial charge >= 0.3 is 0 Å². The number of nitrogens with one attached hydrogen (secondary N) is 1. The van der Waals surface area contributed by atoms with Crippen molar-refractivity contribution in [2.75, 3.05) is 6.54 Å². The second-order valence-electron chi connectivity index (χ2n) is 5.41. The number of rotatable bonds is 2. The molecule has 0 spiro atoms. The first-order valence-electron chi connectivity index (χ1n) is 7.12. The zero-order chi connectivity index (χ0) is 16.0. The highest BCUT2D eigenvalue weighted by atomic mass is 32.2. The van der Waals surface area contributed by atoms with Crippen LogP contribution in [0.2, 0.25) is 0 Å². The lowest BCUT2D eigenvalue weighted by Crippen LogP contribution is -2.36. The quantitative estimate of drug-likeness (QED) is 0.777. The number of benzene rings is 1. The average molecular weight is 332 g/mol. The summed E-state index contributed by atoms with van der Waals surface area (Å²) in [4.78, 5) is 3.96. The molecule has 23 heavy (non-hydrogen) atoms. The van der Waals surface area contributed by atoms with Crippen molar-refractivity contribution in [3.8, 4) is 0 Å². The van der Waals surface area contributed by atoms with E-state index in [0.29, 0.717) is 18.6 Å². The Balaban J connectivity index is 1.74. The molecule has 0 aliphatic carbocycles. The van der Waals surface area contributed by atoms with Crippen LogP contribution in [0, 0.1) is 5.82 Å². The molecule has 3 heterocycles. The number of aromatic amines is 1. The van der Waals surface area contributed by atoms with Gasteiger partial charge in [-0.2, -0.15) is 9.40 Å². The van der Waals surface area contributed by atoms with Gasteiger partial charge in [-0.3, -0.25) is 5.10 Å². The zero-order valence-electron chi connectivity index (χ0n) is 12.0. The maximum absolute atomic E-state index is 13.9. The fourth-order valence-corrected chi connectivity index (χ4v) is 4.41. The number of fused-ring (bicyclic) bond motifs is 3. The van der Waals surface area contributed by atoms with Gasteiger partial charge in [0, 0.05) is 24.7 Å². The van der Waals surface area contributed by atoms with Crippen LogP contribution in [-0.2, 0) is 23.0 Å². The molecule has 0 atom stereocenters. The van der Waals surface area contributed by atoms with Gasteiger partial charge in [-0.15, -0.1) is 0 Å². The lowest BCUT2D eigenvalue weighted by molar-refractivity contribution is 0.389. The molecule has 1 aliphatic rings. The van der Waals surface area contributed by atoms with Crippen molar-refractivity contribution in [1.82, 2.24) is 19.5 Å². The SMILES string of the molecule is O=S(=O)(c1ccccc1F)N1CCc2c(cnc3[nH]ncc23)C1. The van der Waals surface area contributed by atoms with Gasteiger partial charge in [-0.25, -0.2) is 17.8 Å². The molecule has 0 bridgehead atoms. The van der Waals surface area contributed by atoms with Crippen LogP contribution < -0.4 is 0 Å². The smallest absolute Gasteiger partial charge is 0.246 e. The number of hydrogen-bond acceptors (Lipinski definition) is 4. The molecule has 8 heteroatoms. The number of halogens is 1. The summed E-state index contributed by atoms with van der Waals surface area (Å²) in [6.07, 6.45) is 3.89. The van der Waals surface area contributed by atoms with Crippen molar-refractivity contribution in [2.24, 2.45) is 0 Å². The summed E-state index contributed by atoms with van der Waals surface area (Å²) in [5, 5.41) is 7.68. The van der Waals surface area contributed by atoms with Crippen molar-refractivity contribution in [3.63, 3.8) is 0 Å². The van der Waals surface area contributed by atoms with Crippen LogP contribution in [0.4, 0.5) is 4.39 Å². The molecule has 1 N–H and O–H groups in total. The Morgan fingerprint density at radius 2 is 2.04 bits per heavy atom. The first-order chi connectivity index (χ1) is 11.1. The van der Waals surface area contributed by atoms with Crippen molar-refractivity contribution in [3.05, 3.63) is 53.6 Å². The highest BCUT2D eigenvalue weighted by Crippen LogP contribution is 2.29. The number of H-pyrrole nitrogens is 1. The Morgan fingerprint density at radius 1 is 1.22 bits per heavy atom. The van der Waals surface area contributed by atoms with Crippen LogP contribution >= 0.6 is 0 Å². The third-order valence-electron chi connectivity index (χ3n) is 4.09. The summed E-state index contributed by atoms with van der Waals surface area (Å²) in [5.41, 5.74) is 2.56. The maximum atomic E-state index is 13.9. The van der Waals surface area contributed by atoms with Crippen LogP contribution in [0.25, 0.3) is 11.0 Å². The summed E-state index contributed by atoms with van der Waals surface area (Å²) in [7, 11) is -3.87. The fourth-order valence-electron chi connectivity index (χ4n) is 2.93. The van der Waals surface area contributed by atoms with Gasteiger partial charge in [0.2, 0.25) is 10.0 Å². The molecular formula is C15H13FN4O2S. The molecule has 0 fully saturated rings. The van der Waals surface area contributed by atoms with E-state index in [2.05, 4.69) is 15.2 Å². The van der Waals surface area contributed by atoms with Gasteiger partial charge in [0.25, 0.3) is 0 Å². The van der Waals surface area contributed by atoms with Crippen LogP contribution in [0.5, 0.6) is 0 Å². The van der Waals surface area contributed by atoms with Gasteiger partial charge in [0.05, 0.1) is 6.20 Å². The molecule has 6 nitrogen and oxygen atoms in total. The van der Waals surface area contributed by atoms with Gasteiger partial charge in [-0.05, 0) is 29.7 Å². The number of aromatic nitrogens is 3. The van der Waals surface area contributed by atoms with E-state index in [4.69, 9.17) is 0 Å². The van der Waals surface area contributed by atoms with Gasteiger partial charge in [0.1, 0.15) is 10.7 Å². The summed E-state index contributed by atoms with van der Waals surface area (Å²) < 4.78 is 40.5. The van der Waals surface area contributed by atoms with E-state index in [1.54, 1.807) is 12.4 Å². The number of hydrogen-bond donors (Lipinski definition) is 1. The minimum Gasteiger partial charge on any atom is -0.261 e. The van der Waals surface area contributed by atoms with E-state index >= 15 is 0 Å². The summed E-state index contributed by atoms with van der Waals surface area (Å²) in [6, 6.07) is 5.43. The second kappa shape index (κ2) is 5.10. The molecule has 2 aromatic heterocycles. The fraction of sp³-hybridized carbons (Fsp3) is 0.200. The van der Waals surface area contributed by atoms with Gasteiger partial charge < -0.3 is 0 Å². The minimum atomic E-state index is -3.87. The lowest BCUT2D eigenvalue weighted by Gasteiger charge is -2.28. The van der Waals surface area contributed by atoms with E-state index in [0.717, 1.165) is 22.6 Å². The first kappa shape index (κ1) is 14.3. The molecule has 0 saturated heterocycles. The van der Waals surface area contributed by atoms with Crippen molar-refractivity contribution >= 4 is 21.1 Å². The van der Waals surface area contributed by atoms with Crippen LogP contribution in [0.15, 0.2) is 41.6 Å². The third-order valence-corrected chi connectivity index (χ3v) is 5.97. The van der Waals surface area contributed by atoms with Crippen LogP contribution in [0.3, 0.4) is 0 Å². The largest absolute Gasteiger partial charge is 0.261 e. The van der Waals surface area contributed by atoms with Crippen LogP contribution in [-0.4, -0.2) is 34.4 Å². The van der Waals surface area contributed by atoms with E-state index in [9.17, 15) is 12.8 Å². The van der Waals surface area contributed by atoms with E-state index in [1.807, 2.05) is 0 Å². The highest BCUT2D eigenvalue weighted by molar-refractivity contribution is 7.89. The Morgan fingerprint density at radius 3 is 2.87 bits per heavy atom. The van der Waals surface area contributed by atoms with Gasteiger partial charge in [-0.1, -0.05) is 12.1 Å². The van der Waals surface area contributed by atoms with Crippen LogP contribution in [0.1, 0.15) is 11.1 Å². The Hall–Kier alpha value is -2.32. The summed E-state index contributed by atoms with van der Waals surface area (Å²) in [5.74, 6) is -0.735. The van der Waals surface area contributed by atoms with Crippen molar-refractivity contribution in [1.29, 1.82) is 0 Å². The molecule has 4 rings (SSSR count).